The summed E-state index contributed by atoms with van der Waals surface area (Å²) >= 11 is 0. The van der Waals surface area contributed by atoms with Gasteiger partial charge in [-0.1, -0.05) is 65.7 Å². The molecule has 0 heterocycles. The van der Waals surface area contributed by atoms with Gasteiger partial charge >= 0.3 is 0 Å². The first-order chi connectivity index (χ1) is 19.4. The summed E-state index contributed by atoms with van der Waals surface area (Å²) in [5, 5.41) is 30.2. The molecule has 3 aromatic carbocycles. The standard InChI is InChI=1S/C34H16N6/c1-19-6-10-21(11-7-19)30-27(16-35)23-14-25-26(15-24(23)32(30)28(17-36)38-3)34(40-5)31(33(25)29(18-37)39-4)22-12-8-20(2)9-13-22/h6-15H,1-2H3/b32-28+,33-29?. The largest absolute Gasteiger partial charge is 0.270 e. The van der Waals surface area contributed by atoms with Crippen LogP contribution in [0.5, 0.6) is 0 Å². The summed E-state index contributed by atoms with van der Waals surface area (Å²) in [6.45, 7) is 27.4. The van der Waals surface area contributed by atoms with Crippen molar-refractivity contribution < 1.29 is 0 Å². The lowest BCUT2D eigenvalue weighted by molar-refractivity contribution is 1.45. The van der Waals surface area contributed by atoms with Crippen molar-refractivity contribution in [3.05, 3.63) is 151 Å². The van der Waals surface area contributed by atoms with E-state index in [-0.39, 0.29) is 22.7 Å². The maximum Gasteiger partial charge on any atom is 0.270 e. The Morgan fingerprint density at radius 2 is 1.07 bits per heavy atom. The van der Waals surface area contributed by atoms with Crippen LogP contribution in [0.4, 0.5) is 0 Å². The van der Waals surface area contributed by atoms with Gasteiger partial charge in [-0.25, -0.2) is 25.1 Å². The molecule has 0 aromatic heterocycles. The number of benzene rings is 3. The molecule has 0 atom stereocenters. The Bertz CT molecular complexity index is 1860. The lowest BCUT2D eigenvalue weighted by Gasteiger charge is -2.12. The topological polar surface area (TPSA) is 84.5 Å². The number of allylic oxidation sites excluding steroid dienone is 7. The highest BCUT2D eigenvalue weighted by molar-refractivity contribution is 6.29. The second-order valence-electron chi connectivity index (χ2n) is 9.27. The zero-order chi connectivity index (χ0) is 28.6. The van der Waals surface area contributed by atoms with Crippen molar-refractivity contribution in [1.29, 1.82) is 15.8 Å². The van der Waals surface area contributed by atoms with Crippen molar-refractivity contribution in [3.8, 4) is 18.2 Å². The number of rotatable bonds is 2. The quantitative estimate of drug-likeness (QED) is 0.261. The fraction of sp³-hybridized carbons (Fsp3) is 0.0588. The first-order valence-electron chi connectivity index (χ1n) is 12.1. The van der Waals surface area contributed by atoms with Crippen LogP contribution in [0.2, 0.25) is 0 Å². The summed E-state index contributed by atoms with van der Waals surface area (Å²) in [6.07, 6.45) is 0. The molecule has 0 radical (unpaired) electrons. The van der Waals surface area contributed by atoms with Crippen molar-refractivity contribution >= 4 is 33.6 Å². The van der Waals surface area contributed by atoms with Crippen molar-refractivity contribution in [2.45, 2.75) is 13.8 Å². The summed E-state index contributed by atoms with van der Waals surface area (Å²) < 4.78 is 0. The summed E-state index contributed by atoms with van der Waals surface area (Å²) in [7, 11) is 0. The molecule has 2 aliphatic carbocycles. The third-order valence-electron chi connectivity index (χ3n) is 7.02. The van der Waals surface area contributed by atoms with Gasteiger partial charge in [0.25, 0.3) is 11.4 Å². The number of aryl methyl sites for hydroxylation is 2. The van der Waals surface area contributed by atoms with Crippen molar-refractivity contribution in [2.24, 2.45) is 0 Å². The molecule has 3 aromatic rings. The molecule has 0 saturated carbocycles. The Hall–Kier alpha value is -6.44. The molecule has 0 saturated heterocycles. The molecule has 0 fully saturated rings. The van der Waals surface area contributed by atoms with Crippen molar-refractivity contribution in [3.63, 3.8) is 0 Å². The summed E-state index contributed by atoms with van der Waals surface area (Å²) in [5.74, 6) is 0. The van der Waals surface area contributed by atoms with Gasteiger partial charge in [-0.3, -0.25) is 0 Å². The van der Waals surface area contributed by atoms with Gasteiger partial charge in [0.1, 0.15) is 6.07 Å². The number of fused-ring (bicyclic) bond motifs is 2. The lowest BCUT2D eigenvalue weighted by Crippen LogP contribution is -1.94. The van der Waals surface area contributed by atoms with Crippen LogP contribution in [0.3, 0.4) is 0 Å². The Morgan fingerprint density at radius 3 is 1.52 bits per heavy atom. The molecular formula is C34H16N6. The van der Waals surface area contributed by atoms with Gasteiger partial charge in [0, 0.05) is 5.57 Å². The highest BCUT2D eigenvalue weighted by atomic mass is 14.7. The average Bonchev–Trinajstić information content (AvgIpc) is 3.46. The molecule has 5 rings (SSSR count). The first-order valence-corrected chi connectivity index (χ1v) is 12.1. The molecular weight excluding hydrogens is 492 g/mol. The molecule has 0 N–H and O–H groups in total. The fourth-order valence-corrected chi connectivity index (χ4v) is 5.21. The maximum atomic E-state index is 10.4. The Morgan fingerprint density at radius 1 is 0.625 bits per heavy atom. The van der Waals surface area contributed by atoms with Gasteiger partial charge < -0.3 is 0 Å². The van der Waals surface area contributed by atoms with Crippen LogP contribution in [-0.2, 0) is 0 Å². The van der Waals surface area contributed by atoms with E-state index in [1.165, 1.54) is 0 Å². The number of nitriles is 3. The van der Waals surface area contributed by atoms with E-state index >= 15 is 0 Å². The van der Waals surface area contributed by atoms with Crippen molar-refractivity contribution in [2.75, 3.05) is 0 Å². The molecule has 6 heteroatoms. The monoisotopic (exact) mass is 508 g/mol. The summed E-state index contributed by atoms with van der Waals surface area (Å²) in [5.41, 5.74) is 7.17. The van der Waals surface area contributed by atoms with E-state index in [9.17, 15) is 15.8 Å². The van der Waals surface area contributed by atoms with E-state index in [1.807, 2.05) is 74.5 Å². The van der Waals surface area contributed by atoms with Crippen LogP contribution in [-0.4, -0.2) is 0 Å². The van der Waals surface area contributed by atoms with Crippen LogP contribution in [0, 0.1) is 67.6 Å². The zero-order valence-corrected chi connectivity index (χ0v) is 21.5. The highest BCUT2D eigenvalue weighted by Crippen LogP contribution is 2.54. The van der Waals surface area contributed by atoms with Crippen LogP contribution in [0.25, 0.3) is 48.1 Å². The normalized spacial score (nSPS) is 15.5. The predicted octanol–water partition coefficient (Wildman–Crippen LogP) is 7.86. The van der Waals surface area contributed by atoms with E-state index in [0.717, 1.165) is 11.1 Å². The molecule has 6 nitrogen and oxygen atoms in total. The van der Waals surface area contributed by atoms with Crippen LogP contribution < -0.4 is 0 Å². The van der Waals surface area contributed by atoms with E-state index in [1.54, 1.807) is 12.1 Å². The van der Waals surface area contributed by atoms with Crippen LogP contribution in [0.1, 0.15) is 44.5 Å². The van der Waals surface area contributed by atoms with Gasteiger partial charge in [0.2, 0.25) is 5.70 Å². The SMILES string of the molecule is [C-]#[N+]C(C#N)=C1C(c2ccc(C)cc2)=C([N+]#[C-])c2cc3c(cc21)C(C#N)=C(c1ccc(C)cc1)/C3=C(\C#N)[N+]#[C-]. The van der Waals surface area contributed by atoms with E-state index in [0.29, 0.717) is 55.7 Å². The Balaban J connectivity index is 1.92. The van der Waals surface area contributed by atoms with E-state index in [4.69, 9.17) is 19.7 Å². The second-order valence-corrected chi connectivity index (χ2v) is 9.27. The fourth-order valence-electron chi connectivity index (χ4n) is 5.21. The highest BCUT2D eigenvalue weighted by Gasteiger charge is 2.36. The average molecular weight is 509 g/mol. The zero-order valence-electron chi connectivity index (χ0n) is 21.5. The minimum Gasteiger partial charge on any atom is -0.237 e. The third-order valence-corrected chi connectivity index (χ3v) is 7.02. The minimum atomic E-state index is -0.165. The predicted molar refractivity (Wildman–Crippen MR) is 153 cm³/mol. The third kappa shape index (κ3) is 3.67. The maximum absolute atomic E-state index is 10.4. The number of nitrogens with zero attached hydrogens (tertiary/aromatic N) is 6. The molecule has 2 aliphatic rings. The summed E-state index contributed by atoms with van der Waals surface area (Å²) in [4.78, 5) is 10.8. The van der Waals surface area contributed by atoms with Gasteiger partial charge in [-0.2, -0.15) is 5.26 Å². The molecule has 40 heavy (non-hydrogen) atoms. The van der Waals surface area contributed by atoms with E-state index < -0.39 is 0 Å². The minimum absolute atomic E-state index is 0.163. The summed E-state index contributed by atoms with van der Waals surface area (Å²) in [6, 6.07) is 24.7. The molecule has 0 amide bonds. The van der Waals surface area contributed by atoms with Gasteiger partial charge in [-0.05, 0) is 70.0 Å². The van der Waals surface area contributed by atoms with E-state index in [2.05, 4.69) is 20.6 Å². The second kappa shape index (κ2) is 9.79. The van der Waals surface area contributed by atoms with Crippen LogP contribution >= 0.6 is 0 Å². The van der Waals surface area contributed by atoms with Gasteiger partial charge in [-0.15, -0.1) is 0 Å². The Kier molecular flexibility index (Phi) is 6.17. The van der Waals surface area contributed by atoms with Gasteiger partial charge in [0.15, 0.2) is 0 Å². The van der Waals surface area contributed by atoms with Crippen LogP contribution in [0.15, 0.2) is 72.1 Å². The number of hydrogen-bond donors (Lipinski definition) is 0. The molecule has 0 aliphatic heterocycles. The Labute approximate surface area is 232 Å². The smallest absolute Gasteiger partial charge is 0.237 e. The molecule has 0 bridgehead atoms. The number of hydrogen-bond acceptors (Lipinski definition) is 3. The molecule has 182 valence electrons. The molecule has 0 unspecified atom stereocenters. The molecule has 0 spiro atoms. The van der Waals surface area contributed by atoms with Gasteiger partial charge in [0.05, 0.1) is 37.4 Å². The van der Waals surface area contributed by atoms with Crippen molar-refractivity contribution in [1.82, 2.24) is 0 Å². The first kappa shape index (κ1) is 25.2. The lowest BCUT2D eigenvalue weighted by atomic mass is 9.91.